The number of hydrogen-bond donors (Lipinski definition) is 0. The van der Waals surface area contributed by atoms with Crippen molar-refractivity contribution in [3.05, 3.63) is 0 Å². The first-order valence-electron chi connectivity index (χ1n) is 4.73. The highest BCUT2D eigenvalue weighted by molar-refractivity contribution is 5.79. The largest absolute Gasteiger partial charge is 0.464 e. The van der Waals surface area contributed by atoms with Crippen LogP contribution in [-0.4, -0.2) is 30.6 Å². The van der Waals surface area contributed by atoms with Crippen LogP contribution in [0.2, 0.25) is 0 Å². The monoisotopic (exact) mass is 186 g/mol. The van der Waals surface area contributed by atoms with Crippen molar-refractivity contribution in [2.75, 3.05) is 6.61 Å². The lowest BCUT2D eigenvalue weighted by atomic mass is 10.2. The van der Waals surface area contributed by atoms with Gasteiger partial charge >= 0.3 is 5.97 Å². The second-order valence-corrected chi connectivity index (χ2v) is 3.50. The molecule has 2 saturated heterocycles. The summed E-state index contributed by atoms with van der Waals surface area (Å²) in [6, 6.07) is 0. The summed E-state index contributed by atoms with van der Waals surface area (Å²) in [4.78, 5) is 11.3. The van der Waals surface area contributed by atoms with Gasteiger partial charge in [-0.1, -0.05) is 13.3 Å². The number of rotatable bonds is 4. The molecule has 2 aliphatic heterocycles. The average Bonchev–Trinajstić information content (AvgIpc) is 2.94. The molecular formula is C9H14O4. The highest BCUT2D eigenvalue weighted by atomic mass is 16.9. The maximum Gasteiger partial charge on any atom is 0.341 e. The van der Waals surface area contributed by atoms with E-state index >= 15 is 0 Å². The van der Waals surface area contributed by atoms with Crippen LogP contribution in [0.25, 0.3) is 0 Å². The third-order valence-corrected chi connectivity index (χ3v) is 2.44. The third kappa shape index (κ3) is 1.44. The van der Waals surface area contributed by atoms with Gasteiger partial charge < -0.3 is 14.2 Å². The summed E-state index contributed by atoms with van der Waals surface area (Å²) < 4.78 is 15.2. The van der Waals surface area contributed by atoms with Crippen LogP contribution in [0.1, 0.15) is 26.7 Å². The fourth-order valence-corrected chi connectivity index (χ4v) is 1.40. The molecular weight excluding hydrogens is 172 g/mol. The fourth-order valence-electron chi connectivity index (χ4n) is 1.40. The second-order valence-electron chi connectivity index (χ2n) is 3.50. The van der Waals surface area contributed by atoms with Crippen molar-refractivity contribution in [3.8, 4) is 0 Å². The van der Waals surface area contributed by atoms with Gasteiger partial charge in [0, 0.05) is 0 Å². The van der Waals surface area contributed by atoms with Crippen LogP contribution in [0.3, 0.4) is 0 Å². The van der Waals surface area contributed by atoms with Crippen LogP contribution in [0.5, 0.6) is 0 Å². The molecule has 0 saturated carbocycles. The van der Waals surface area contributed by atoms with E-state index in [4.69, 9.17) is 14.2 Å². The summed E-state index contributed by atoms with van der Waals surface area (Å²) in [7, 11) is 0. The molecule has 1 spiro atoms. The Hall–Kier alpha value is -0.610. The summed E-state index contributed by atoms with van der Waals surface area (Å²) in [5, 5.41) is 0. The van der Waals surface area contributed by atoms with E-state index in [2.05, 4.69) is 6.92 Å². The number of carbonyl (C=O) groups is 1. The molecule has 2 aliphatic rings. The van der Waals surface area contributed by atoms with E-state index in [0.29, 0.717) is 6.61 Å². The van der Waals surface area contributed by atoms with Crippen molar-refractivity contribution >= 4 is 5.97 Å². The zero-order valence-electron chi connectivity index (χ0n) is 7.91. The van der Waals surface area contributed by atoms with Gasteiger partial charge in [-0.2, -0.15) is 0 Å². The Bertz CT molecular complexity index is 228. The van der Waals surface area contributed by atoms with Gasteiger partial charge in [0.2, 0.25) is 11.9 Å². The quantitative estimate of drug-likeness (QED) is 0.371. The van der Waals surface area contributed by atoms with Gasteiger partial charge in [-0.15, -0.1) is 0 Å². The SMILES string of the molecule is CCCCOC(=O)C1OC12OC2C. The first kappa shape index (κ1) is 8.97. The van der Waals surface area contributed by atoms with Crippen LogP contribution >= 0.6 is 0 Å². The minimum absolute atomic E-state index is 0.0521. The molecule has 74 valence electrons. The predicted octanol–water partition coefficient (Wildman–Crippen LogP) is 0.844. The van der Waals surface area contributed by atoms with Gasteiger partial charge in [0.1, 0.15) is 6.10 Å². The van der Waals surface area contributed by atoms with E-state index in [1.54, 1.807) is 0 Å². The number of unbranched alkanes of at least 4 members (excludes halogenated alkanes) is 1. The maximum absolute atomic E-state index is 11.3. The second kappa shape index (κ2) is 2.96. The lowest BCUT2D eigenvalue weighted by Gasteiger charge is -1.99. The van der Waals surface area contributed by atoms with Gasteiger partial charge in [-0.25, -0.2) is 4.79 Å². The van der Waals surface area contributed by atoms with Crippen molar-refractivity contribution in [3.63, 3.8) is 0 Å². The molecule has 2 heterocycles. The first-order valence-corrected chi connectivity index (χ1v) is 4.73. The minimum Gasteiger partial charge on any atom is -0.464 e. The highest BCUT2D eigenvalue weighted by Crippen LogP contribution is 2.55. The zero-order valence-corrected chi connectivity index (χ0v) is 7.91. The molecule has 13 heavy (non-hydrogen) atoms. The molecule has 0 aromatic heterocycles. The number of esters is 1. The van der Waals surface area contributed by atoms with E-state index in [-0.39, 0.29) is 12.1 Å². The molecule has 0 radical (unpaired) electrons. The van der Waals surface area contributed by atoms with Crippen molar-refractivity contribution in [1.29, 1.82) is 0 Å². The van der Waals surface area contributed by atoms with Gasteiger partial charge in [0.05, 0.1) is 6.61 Å². The van der Waals surface area contributed by atoms with Gasteiger partial charge in [0.25, 0.3) is 0 Å². The fraction of sp³-hybridized carbons (Fsp3) is 0.889. The normalized spacial score (nSPS) is 40.5. The minimum atomic E-state index is -0.580. The Morgan fingerprint density at radius 1 is 1.54 bits per heavy atom. The standard InChI is InChI=1S/C9H14O4/c1-3-4-5-11-8(10)7-9(13-7)6(2)12-9/h6-7H,3-5H2,1-2H3. The van der Waals surface area contributed by atoms with Crippen molar-refractivity contribution in [2.45, 2.75) is 44.7 Å². The van der Waals surface area contributed by atoms with E-state index in [0.717, 1.165) is 12.8 Å². The molecule has 3 unspecified atom stereocenters. The van der Waals surface area contributed by atoms with E-state index < -0.39 is 11.9 Å². The Labute approximate surface area is 77.1 Å². The molecule has 0 amide bonds. The molecule has 4 heteroatoms. The van der Waals surface area contributed by atoms with E-state index in [9.17, 15) is 4.79 Å². The number of hydrogen-bond acceptors (Lipinski definition) is 4. The zero-order chi connectivity index (χ0) is 9.47. The summed E-state index contributed by atoms with van der Waals surface area (Å²) in [6.45, 7) is 4.42. The summed E-state index contributed by atoms with van der Waals surface area (Å²) in [5.74, 6) is -0.860. The van der Waals surface area contributed by atoms with Crippen molar-refractivity contribution in [2.24, 2.45) is 0 Å². The van der Waals surface area contributed by atoms with Crippen LogP contribution < -0.4 is 0 Å². The van der Waals surface area contributed by atoms with Crippen molar-refractivity contribution in [1.82, 2.24) is 0 Å². The first-order chi connectivity index (χ1) is 6.20. The van der Waals surface area contributed by atoms with E-state index in [1.165, 1.54) is 0 Å². The molecule has 0 aliphatic carbocycles. The Balaban J connectivity index is 1.69. The van der Waals surface area contributed by atoms with Crippen LogP contribution in [-0.2, 0) is 19.0 Å². The van der Waals surface area contributed by atoms with Gasteiger partial charge in [-0.05, 0) is 13.3 Å². The van der Waals surface area contributed by atoms with Crippen LogP contribution in [0.15, 0.2) is 0 Å². The van der Waals surface area contributed by atoms with Crippen LogP contribution in [0, 0.1) is 0 Å². The Morgan fingerprint density at radius 2 is 2.23 bits per heavy atom. The molecule has 3 atom stereocenters. The van der Waals surface area contributed by atoms with Crippen molar-refractivity contribution < 1.29 is 19.0 Å². The topological polar surface area (TPSA) is 51.4 Å². The van der Waals surface area contributed by atoms with Gasteiger partial charge in [-0.3, -0.25) is 0 Å². The lowest BCUT2D eigenvalue weighted by molar-refractivity contribution is -0.145. The number of epoxide rings is 2. The van der Waals surface area contributed by atoms with Gasteiger partial charge in [0.15, 0.2) is 0 Å². The molecule has 0 N–H and O–H groups in total. The summed E-state index contributed by atoms with van der Waals surface area (Å²) in [5.41, 5.74) is 0. The smallest absolute Gasteiger partial charge is 0.341 e. The van der Waals surface area contributed by atoms with E-state index in [1.807, 2.05) is 6.92 Å². The molecule has 2 fully saturated rings. The molecule has 0 bridgehead atoms. The molecule has 0 aromatic carbocycles. The lowest BCUT2D eigenvalue weighted by Crippen LogP contribution is -2.16. The Morgan fingerprint density at radius 3 is 2.69 bits per heavy atom. The summed E-state index contributed by atoms with van der Waals surface area (Å²) >= 11 is 0. The highest BCUT2D eigenvalue weighted by Gasteiger charge is 2.78. The third-order valence-electron chi connectivity index (χ3n) is 2.44. The molecule has 0 aromatic rings. The number of ether oxygens (including phenoxy) is 3. The summed E-state index contributed by atoms with van der Waals surface area (Å²) in [6.07, 6.45) is 1.52. The predicted molar refractivity (Wildman–Crippen MR) is 44.0 cm³/mol. The molecule has 4 nitrogen and oxygen atoms in total. The Kier molecular flexibility index (Phi) is 2.04. The average molecular weight is 186 g/mol. The number of carbonyl (C=O) groups excluding carboxylic acids is 1. The maximum atomic E-state index is 11.3. The molecule has 2 rings (SSSR count). The van der Waals surface area contributed by atoms with Crippen LogP contribution in [0.4, 0.5) is 0 Å².